The largest absolute Gasteiger partial charge is 0.487 e. The molecule has 0 radical (unpaired) electrons. The number of nitrogens with zero attached hydrogens (tertiary/aromatic N) is 4. The molecule has 0 saturated carbocycles. The average molecular weight is 549 g/mol. The zero-order valence-electron chi connectivity index (χ0n) is 24.2. The summed E-state index contributed by atoms with van der Waals surface area (Å²) in [6.07, 6.45) is 3.37. The lowest BCUT2D eigenvalue weighted by atomic mass is 9.93. The van der Waals surface area contributed by atoms with Crippen LogP contribution in [0.1, 0.15) is 55.6 Å². The number of ether oxygens (including phenoxy) is 2. The summed E-state index contributed by atoms with van der Waals surface area (Å²) in [7, 11) is 2.12. The van der Waals surface area contributed by atoms with Gasteiger partial charge in [0.2, 0.25) is 0 Å². The summed E-state index contributed by atoms with van der Waals surface area (Å²) in [5.74, 6) is 0.361. The monoisotopic (exact) mass is 548 g/mol. The first-order valence-electron chi connectivity index (χ1n) is 14.2. The maximum absolute atomic E-state index is 12.1. The number of nitriles is 1. The minimum Gasteiger partial charge on any atom is -0.487 e. The number of likely N-dealkylation sites (N-methyl/N-ethyl adjacent to an activating group) is 1. The van der Waals surface area contributed by atoms with Crippen LogP contribution >= 0.6 is 0 Å². The maximum Gasteiger partial charge on any atom is 0.310 e. The number of hydrogen-bond donors (Lipinski definition) is 0. The topological polar surface area (TPSA) is 80.4 Å². The van der Waals surface area contributed by atoms with E-state index in [2.05, 4.69) is 62.2 Å². The molecule has 7 nitrogen and oxygen atoms in total. The fourth-order valence-corrected chi connectivity index (χ4v) is 5.27. The second-order valence-electron chi connectivity index (χ2n) is 10.7. The van der Waals surface area contributed by atoms with E-state index in [1.165, 1.54) is 5.57 Å². The normalized spacial score (nSPS) is 13.7. The Balaban J connectivity index is 1.50. The Bertz CT molecular complexity index is 1640. The highest BCUT2D eigenvalue weighted by atomic mass is 16.5. The van der Waals surface area contributed by atoms with Crippen molar-refractivity contribution in [1.82, 2.24) is 14.7 Å². The molecule has 1 aliphatic heterocycles. The highest BCUT2D eigenvalue weighted by molar-refractivity contribution is 5.88. The lowest BCUT2D eigenvalue weighted by Gasteiger charge is -2.22. The molecule has 0 aliphatic carbocycles. The lowest BCUT2D eigenvalue weighted by molar-refractivity contribution is -0.142. The van der Waals surface area contributed by atoms with Gasteiger partial charge in [0.05, 0.1) is 30.2 Å². The Morgan fingerprint density at radius 2 is 1.88 bits per heavy atom. The Morgan fingerprint density at radius 1 is 1.07 bits per heavy atom. The summed E-state index contributed by atoms with van der Waals surface area (Å²) in [5, 5.41) is 15.7. The van der Waals surface area contributed by atoms with Crippen molar-refractivity contribution in [2.75, 3.05) is 26.7 Å². The molecular weight excluding hydrogens is 512 g/mol. The number of benzene rings is 3. The van der Waals surface area contributed by atoms with Crippen molar-refractivity contribution in [3.8, 4) is 22.9 Å². The Morgan fingerprint density at radius 3 is 2.61 bits per heavy atom. The molecule has 7 heteroatoms. The van der Waals surface area contributed by atoms with Crippen LogP contribution in [0.5, 0.6) is 5.75 Å². The number of rotatable bonds is 9. The molecule has 0 fully saturated rings. The van der Waals surface area contributed by atoms with Crippen molar-refractivity contribution in [2.24, 2.45) is 0 Å². The van der Waals surface area contributed by atoms with E-state index < -0.39 is 0 Å². The smallest absolute Gasteiger partial charge is 0.310 e. The van der Waals surface area contributed by atoms with Crippen LogP contribution in [0.15, 0.2) is 66.7 Å². The van der Waals surface area contributed by atoms with E-state index in [9.17, 15) is 10.1 Å². The molecule has 0 atom stereocenters. The van der Waals surface area contributed by atoms with Crippen molar-refractivity contribution >= 4 is 22.4 Å². The number of fused-ring (bicyclic) bond motifs is 1. The number of esters is 1. The van der Waals surface area contributed by atoms with Crippen molar-refractivity contribution in [3.63, 3.8) is 0 Å². The molecule has 0 saturated heterocycles. The van der Waals surface area contributed by atoms with E-state index in [0.29, 0.717) is 17.9 Å². The van der Waals surface area contributed by atoms with Crippen molar-refractivity contribution in [3.05, 3.63) is 89.1 Å². The predicted octanol–water partition coefficient (Wildman–Crippen LogP) is 6.56. The highest BCUT2D eigenvalue weighted by Gasteiger charge is 2.17. The molecule has 41 heavy (non-hydrogen) atoms. The summed E-state index contributed by atoms with van der Waals surface area (Å²) < 4.78 is 13.4. The molecule has 0 spiro atoms. The van der Waals surface area contributed by atoms with Gasteiger partial charge in [-0.1, -0.05) is 30.3 Å². The van der Waals surface area contributed by atoms with Gasteiger partial charge in [0.25, 0.3) is 0 Å². The van der Waals surface area contributed by atoms with Crippen LogP contribution in [0.3, 0.4) is 0 Å². The standard InChI is InChI=1S/C34H36N4O3/c1-5-40-34(39)20-27-8-6-7-9-33(27)41-22-31-30-19-26(10-11-32(30)38(36-31)23(2)3)29-17-24(21-35)16-28(18-29)25-12-14-37(4)15-13-25/h6-12,16-19,23H,5,13-15,20,22H2,1-4H3. The van der Waals surface area contributed by atoms with Gasteiger partial charge in [-0.25, -0.2) is 0 Å². The number of carbonyl (C=O) groups excluding carboxylic acids is 1. The number of hydrogen-bond acceptors (Lipinski definition) is 6. The number of aromatic nitrogens is 2. The third-order valence-corrected chi connectivity index (χ3v) is 7.43. The first kappa shape index (κ1) is 28.1. The molecule has 0 unspecified atom stereocenters. The molecule has 0 bridgehead atoms. The Labute approximate surface area is 241 Å². The number of para-hydroxylation sites is 1. The SMILES string of the molecule is CCOC(=O)Cc1ccccc1OCc1nn(C(C)C)c2ccc(-c3cc(C#N)cc(C4=CCN(C)CC4)c3)cc12. The molecular formula is C34H36N4O3. The van der Waals surface area contributed by atoms with Crippen LogP contribution in [-0.2, 0) is 22.6 Å². The molecule has 0 N–H and O–H groups in total. The van der Waals surface area contributed by atoms with Gasteiger partial charge < -0.3 is 14.4 Å². The van der Waals surface area contributed by atoms with Crippen molar-refractivity contribution < 1.29 is 14.3 Å². The van der Waals surface area contributed by atoms with Gasteiger partial charge in [-0.05, 0) is 92.9 Å². The third-order valence-electron chi connectivity index (χ3n) is 7.43. The summed E-state index contributed by atoms with van der Waals surface area (Å²) >= 11 is 0. The van der Waals surface area contributed by atoms with E-state index in [1.807, 2.05) is 41.1 Å². The Kier molecular flexibility index (Phi) is 8.51. The average Bonchev–Trinajstić information content (AvgIpc) is 3.35. The summed E-state index contributed by atoms with van der Waals surface area (Å²) in [5.41, 5.74) is 7.69. The summed E-state index contributed by atoms with van der Waals surface area (Å²) in [4.78, 5) is 14.4. The molecule has 3 aromatic carbocycles. The van der Waals surface area contributed by atoms with Crippen LogP contribution in [-0.4, -0.2) is 47.4 Å². The van der Waals surface area contributed by atoms with E-state index >= 15 is 0 Å². The van der Waals surface area contributed by atoms with Crippen LogP contribution in [0.25, 0.3) is 27.6 Å². The maximum atomic E-state index is 12.1. The minimum absolute atomic E-state index is 0.152. The highest BCUT2D eigenvalue weighted by Crippen LogP contribution is 2.33. The van der Waals surface area contributed by atoms with E-state index in [1.54, 1.807) is 6.92 Å². The van der Waals surface area contributed by atoms with E-state index in [0.717, 1.165) is 58.4 Å². The fourth-order valence-electron chi connectivity index (χ4n) is 5.27. The van der Waals surface area contributed by atoms with E-state index in [-0.39, 0.29) is 25.0 Å². The first-order valence-corrected chi connectivity index (χ1v) is 14.2. The van der Waals surface area contributed by atoms with Crippen LogP contribution in [0, 0.1) is 11.3 Å². The molecule has 2 heterocycles. The molecule has 5 rings (SSSR count). The second kappa shape index (κ2) is 12.4. The predicted molar refractivity (Wildman–Crippen MR) is 161 cm³/mol. The zero-order valence-corrected chi connectivity index (χ0v) is 24.2. The van der Waals surface area contributed by atoms with Gasteiger partial charge >= 0.3 is 5.97 Å². The lowest BCUT2D eigenvalue weighted by Crippen LogP contribution is -2.23. The van der Waals surface area contributed by atoms with Gasteiger partial charge in [0.1, 0.15) is 18.1 Å². The molecule has 0 amide bonds. The third kappa shape index (κ3) is 6.34. The van der Waals surface area contributed by atoms with Gasteiger partial charge in [-0.3, -0.25) is 9.48 Å². The Hall–Kier alpha value is -4.41. The van der Waals surface area contributed by atoms with Crippen LogP contribution in [0.2, 0.25) is 0 Å². The molecule has 210 valence electrons. The van der Waals surface area contributed by atoms with Crippen molar-refractivity contribution in [2.45, 2.75) is 46.3 Å². The molecule has 4 aromatic rings. The first-order chi connectivity index (χ1) is 19.9. The van der Waals surface area contributed by atoms with Crippen LogP contribution < -0.4 is 4.74 Å². The molecule has 1 aliphatic rings. The fraction of sp³-hybridized carbons (Fsp3) is 0.324. The second-order valence-corrected chi connectivity index (χ2v) is 10.7. The molecule has 1 aromatic heterocycles. The van der Waals surface area contributed by atoms with Gasteiger partial charge in [-0.15, -0.1) is 0 Å². The van der Waals surface area contributed by atoms with E-state index in [4.69, 9.17) is 14.6 Å². The summed E-state index contributed by atoms with van der Waals surface area (Å²) in [6, 6.07) is 22.5. The number of carbonyl (C=O) groups is 1. The summed E-state index contributed by atoms with van der Waals surface area (Å²) in [6.45, 7) is 8.53. The van der Waals surface area contributed by atoms with Gasteiger partial charge in [0.15, 0.2) is 0 Å². The quantitative estimate of drug-likeness (QED) is 0.220. The van der Waals surface area contributed by atoms with Gasteiger partial charge in [0, 0.05) is 30.1 Å². The minimum atomic E-state index is -0.280. The van der Waals surface area contributed by atoms with Crippen molar-refractivity contribution in [1.29, 1.82) is 5.26 Å². The van der Waals surface area contributed by atoms with Gasteiger partial charge in [-0.2, -0.15) is 10.4 Å². The van der Waals surface area contributed by atoms with Crippen LogP contribution in [0.4, 0.5) is 0 Å². The zero-order chi connectivity index (χ0) is 28.9.